The fourth-order valence-electron chi connectivity index (χ4n) is 1.33. The molecular weight excluding hydrogens is 148 g/mol. The predicted octanol–water partition coefficient (Wildman–Crippen LogP) is 1.20. The molecule has 68 valence electrons. The van der Waals surface area contributed by atoms with Crippen molar-refractivity contribution < 1.29 is 0 Å². The van der Waals surface area contributed by atoms with Crippen LogP contribution in [-0.2, 0) is 0 Å². The number of hydrogen-bond acceptors (Lipinski definition) is 2. The molecule has 0 atom stereocenters. The Balaban J connectivity index is 2.03. The van der Waals surface area contributed by atoms with E-state index in [1.165, 1.54) is 6.42 Å². The minimum Gasteiger partial charge on any atom is -0.329 e. The average Bonchev–Trinajstić information content (AvgIpc) is 2.14. The zero-order chi connectivity index (χ0) is 8.65. The first-order valence-corrected chi connectivity index (χ1v) is 4.67. The molecule has 0 bridgehead atoms. The molecule has 12 heavy (non-hydrogen) atoms. The van der Waals surface area contributed by atoms with Crippen molar-refractivity contribution in [3.63, 3.8) is 0 Å². The van der Waals surface area contributed by atoms with Gasteiger partial charge in [-0.15, -0.1) is 0 Å². The van der Waals surface area contributed by atoms with Gasteiger partial charge in [-0.05, 0) is 25.8 Å². The molecule has 1 aliphatic rings. The van der Waals surface area contributed by atoms with Gasteiger partial charge in [0.2, 0.25) is 0 Å². The molecule has 0 spiro atoms. The van der Waals surface area contributed by atoms with E-state index in [-0.39, 0.29) is 0 Å². The maximum atomic E-state index is 5.36. The Labute approximate surface area is 74.5 Å². The fraction of sp³-hybridized carbons (Fsp3) is 0.600. The van der Waals surface area contributed by atoms with Crippen molar-refractivity contribution in [2.45, 2.75) is 19.3 Å². The van der Waals surface area contributed by atoms with E-state index in [2.05, 4.69) is 23.5 Å². The third-order valence-corrected chi connectivity index (χ3v) is 2.03. The topological polar surface area (TPSA) is 38.0 Å². The molecule has 1 rings (SSSR count). The summed E-state index contributed by atoms with van der Waals surface area (Å²) in [6, 6.07) is 0. The van der Waals surface area contributed by atoms with Gasteiger partial charge in [-0.25, -0.2) is 0 Å². The Kier molecular flexibility index (Phi) is 4.73. The van der Waals surface area contributed by atoms with Crippen LogP contribution in [0, 0.1) is 0 Å². The van der Waals surface area contributed by atoms with Gasteiger partial charge in [0.1, 0.15) is 0 Å². The SMILES string of the molecule is NCCNCCC1=CCC=CC1. The van der Waals surface area contributed by atoms with Crippen LogP contribution in [0.3, 0.4) is 0 Å². The van der Waals surface area contributed by atoms with Gasteiger partial charge in [0, 0.05) is 13.1 Å². The highest BCUT2D eigenvalue weighted by Gasteiger charge is 1.97. The number of nitrogens with one attached hydrogen (secondary N) is 1. The van der Waals surface area contributed by atoms with Gasteiger partial charge >= 0.3 is 0 Å². The molecule has 0 fully saturated rings. The summed E-state index contributed by atoms with van der Waals surface area (Å²) in [5.74, 6) is 0. The maximum Gasteiger partial charge on any atom is 0.00746 e. The van der Waals surface area contributed by atoms with Crippen molar-refractivity contribution in [2.24, 2.45) is 5.73 Å². The molecule has 0 aliphatic heterocycles. The quantitative estimate of drug-likeness (QED) is 0.476. The second-order valence-corrected chi connectivity index (χ2v) is 3.06. The molecule has 0 heterocycles. The molecule has 0 saturated heterocycles. The van der Waals surface area contributed by atoms with Gasteiger partial charge in [-0.2, -0.15) is 0 Å². The molecule has 0 amide bonds. The average molecular weight is 166 g/mol. The summed E-state index contributed by atoms with van der Waals surface area (Å²) in [6.07, 6.45) is 10.2. The summed E-state index contributed by atoms with van der Waals surface area (Å²) in [5.41, 5.74) is 6.92. The molecule has 0 radical (unpaired) electrons. The second-order valence-electron chi connectivity index (χ2n) is 3.06. The number of allylic oxidation sites excluding steroid dienone is 3. The van der Waals surface area contributed by atoms with E-state index in [9.17, 15) is 0 Å². The third kappa shape index (κ3) is 3.69. The van der Waals surface area contributed by atoms with Crippen LogP contribution in [-0.4, -0.2) is 19.6 Å². The highest BCUT2D eigenvalue weighted by molar-refractivity contribution is 5.14. The lowest BCUT2D eigenvalue weighted by Crippen LogP contribution is -2.23. The van der Waals surface area contributed by atoms with Gasteiger partial charge in [0.25, 0.3) is 0 Å². The Hall–Kier alpha value is -0.600. The highest BCUT2D eigenvalue weighted by atomic mass is 14.9. The smallest absolute Gasteiger partial charge is 0.00746 e. The molecule has 0 aromatic heterocycles. The second kappa shape index (κ2) is 5.98. The standard InChI is InChI=1S/C10H18N2/c11-7-9-12-8-6-10-4-2-1-3-5-10/h1-2,5,12H,3-4,6-9,11H2. The van der Waals surface area contributed by atoms with Gasteiger partial charge < -0.3 is 11.1 Å². The van der Waals surface area contributed by atoms with Crippen LogP contribution in [0.5, 0.6) is 0 Å². The molecule has 1 aliphatic carbocycles. The van der Waals surface area contributed by atoms with Crippen molar-refractivity contribution in [3.05, 3.63) is 23.8 Å². The minimum atomic E-state index is 0.735. The van der Waals surface area contributed by atoms with E-state index in [1.54, 1.807) is 5.57 Å². The highest BCUT2D eigenvalue weighted by Crippen LogP contribution is 2.13. The summed E-state index contributed by atoms with van der Waals surface area (Å²) < 4.78 is 0. The van der Waals surface area contributed by atoms with Gasteiger partial charge in [-0.3, -0.25) is 0 Å². The van der Waals surface area contributed by atoms with E-state index in [1.807, 2.05) is 0 Å². The fourth-order valence-corrected chi connectivity index (χ4v) is 1.33. The van der Waals surface area contributed by atoms with E-state index in [0.717, 1.165) is 32.5 Å². The maximum absolute atomic E-state index is 5.36. The molecule has 2 heteroatoms. The normalized spacial score (nSPS) is 16.2. The molecule has 2 nitrogen and oxygen atoms in total. The molecule has 0 aromatic carbocycles. The Morgan fingerprint density at radius 2 is 2.25 bits per heavy atom. The van der Waals surface area contributed by atoms with Crippen LogP contribution < -0.4 is 11.1 Å². The molecule has 0 unspecified atom stereocenters. The lowest BCUT2D eigenvalue weighted by atomic mass is 10.0. The predicted molar refractivity (Wildman–Crippen MR) is 53.0 cm³/mol. The summed E-state index contributed by atoms with van der Waals surface area (Å²) in [6.45, 7) is 2.74. The molecule has 0 aromatic rings. The Morgan fingerprint density at radius 1 is 1.33 bits per heavy atom. The zero-order valence-electron chi connectivity index (χ0n) is 7.55. The molecule has 3 N–H and O–H groups in total. The number of nitrogens with two attached hydrogens (primary N) is 1. The monoisotopic (exact) mass is 166 g/mol. The van der Waals surface area contributed by atoms with Crippen LogP contribution in [0.2, 0.25) is 0 Å². The van der Waals surface area contributed by atoms with E-state index in [0.29, 0.717) is 0 Å². The van der Waals surface area contributed by atoms with Crippen LogP contribution in [0.1, 0.15) is 19.3 Å². The zero-order valence-corrected chi connectivity index (χ0v) is 7.55. The van der Waals surface area contributed by atoms with E-state index >= 15 is 0 Å². The van der Waals surface area contributed by atoms with Gasteiger partial charge in [0.15, 0.2) is 0 Å². The van der Waals surface area contributed by atoms with Crippen LogP contribution in [0.4, 0.5) is 0 Å². The Morgan fingerprint density at radius 3 is 2.92 bits per heavy atom. The van der Waals surface area contributed by atoms with Crippen molar-refractivity contribution in [3.8, 4) is 0 Å². The summed E-state index contributed by atoms with van der Waals surface area (Å²) in [7, 11) is 0. The van der Waals surface area contributed by atoms with Crippen molar-refractivity contribution in [2.75, 3.05) is 19.6 Å². The first-order valence-electron chi connectivity index (χ1n) is 4.67. The lowest BCUT2D eigenvalue weighted by Gasteiger charge is -2.08. The van der Waals surface area contributed by atoms with Crippen molar-refractivity contribution in [1.29, 1.82) is 0 Å². The largest absolute Gasteiger partial charge is 0.329 e. The summed E-state index contributed by atoms with van der Waals surface area (Å²) in [4.78, 5) is 0. The third-order valence-electron chi connectivity index (χ3n) is 2.03. The van der Waals surface area contributed by atoms with E-state index < -0.39 is 0 Å². The first kappa shape index (κ1) is 9.49. The van der Waals surface area contributed by atoms with Crippen molar-refractivity contribution in [1.82, 2.24) is 5.32 Å². The number of hydrogen-bond donors (Lipinski definition) is 2. The molecular formula is C10H18N2. The number of rotatable bonds is 5. The Bertz CT molecular complexity index is 171. The summed E-state index contributed by atoms with van der Waals surface area (Å²) in [5, 5.41) is 3.29. The van der Waals surface area contributed by atoms with Crippen LogP contribution >= 0.6 is 0 Å². The van der Waals surface area contributed by atoms with Gasteiger partial charge in [0.05, 0.1) is 0 Å². The van der Waals surface area contributed by atoms with E-state index in [4.69, 9.17) is 5.73 Å². The van der Waals surface area contributed by atoms with Crippen molar-refractivity contribution >= 4 is 0 Å². The van der Waals surface area contributed by atoms with Crippen LogP contribution in [0.15, 0.2) is 23.8 Å². The molecule has 0 saturated carbocycles. The lowest BCUT2D eigenvalue weighted by molar-refractivity contribution is 0.680. The van der Waals surface area contributed by atoms with Gasteiger partial charge in [-0.1, -0.05) is 23.8 Å². The summed E-state index contributed by atoms with van der Waals surface area (Å²) >= 11 is 0. The first-order chi connectivity index (χ1) is 5.93. The van der Waals surface area contributed by atoms with Crippen LogP contribution in [0.25, 0.3) is 0 Å². The minimum absolute atomic E-state index is 0.735.